The predicted molar refractivity (Wildman–Crippen MR) is 220 cm³/mol. The molecular formula is C43H81ClN2O10. The summed E-state index contributed by atoms with van der Waals surface area (Å²) in [7, 11) is 9.56. The lowest BCUT2D eigenvalue weighted by Gasteiger charge is -2.49. The Hall–Kier alpha value is -0.640. The molecule has 3 aliphatic heterocycles. The zero-order valence-electron chi connectivity index (χ0n) is 38.0. The minimum Gasteiger partial charge on any atom is -0.459 e. The van der Waals surface area contributed by atoms with E-state index >= 15 is 0 Å². The van der Waals surface area contributed by atoms with Crippen molar-refractivity contribution in [2.75, 3.05) is 54.4 Å². The summed E-state index contributed by atoms with van der Waals surface area (Å²) in [6.45, 7) is 25.5. The highest BCUT2D eigenvalue weighted by atomic mass is 35.5. The van der Waals surface area contributed by atoms with Crippen LogP contribution < -0.4 is 0 Å². The number of rotatable bonds is 11. The van der Waals surface area contributed by atoms with Crippen LogP contribution in [0.15, 0.2) is 0 Å². The van der Waals surface area contributed by atoms with E-state index in [0.717, 1.165) is 6.42 Å². The molecule has 0 radical (unpaired) electrons. The van der Waals surface area contributed by atoms with Crippen molar-refractivity contribution in [3.63, 3.8) is 0 Å². The Labute approximate surface area is 345 Å². The molecule has 0 aromatic rings. The molecule has 0 amide bonds. The van der Waals surface area contributed by atoms with Crippen LogP contribution in [-0.2, 0) is 42.7 Å². The van der Waals surface area contributed by atoms with Crippen LogP contribution in [0.3, 0.4) is 0 Å². The summed E-state index contributed by atoms with van der Waals surface area (Å²) in [6.07, 6.45) is -2.44. The van der Waals surface area contributed by atoms with Gasteiger partial charge in [0.05, 0.1) is 48.1 Å². The van der Waals surface area contributed by atoms with Crippen LogP contribution in [0.25, 0.3) is 0 Å². The number of carbonyl (C=O) groups is 1. The van der Waals surface area contributed by atoms with Gasteiger partial charge >= 0.3 is 5.97 Å². The Morgan fingerprint density at radius 1 is 0.929 bits per heavy atom. The highest BCUT2D eigenvalue weighted by Crippen LogP contribution is 2.42. The molecule has 1 unspecified atom stereocenters. The highest BCUT2D eigenvalue weighted by Gasteiger charge is 2.52. The van der Waals surface area contributed by atoms with Crippen molar-refractivity contribution in [3.05, 3.63) is 0 Å². The van der Waals surface area contributed by atoms with E-state index < -0.39 is 71.6 Å². The lowest BCUT2D eigenvalue weighted by atomic mass is 9.77. The van der Waals surface area contributed by atoms with E-state index in [1.807, 2.05) is 62.6 Å². The molecule has 3 aliphatic rings. The normalized spacial score (nSPS) is 46.9. The molecule has 0 saturated carbocycles. The smallest absolute Gasteiger partial charge is 0.311 e. The van der Waals surface area contributed by atoms with E-state index in [1.165, 1.54) is 0 Å². The first-order valence-corrected chi connectivity index (χ1v) is 21.7. The van der Waals surface area contributed by atoms with Crippen LogP contribution in [0.1, 0.15) is 109 Å². The quantitative estimate of drug-likeness (QED) is 0.185. The van der Waals surface area contributed by atoms with Crippen LogP contribution in [0.2, 0.25) is 0 Å². The first kappa shape index (κ1) is 49.7. The molecule has 56 heavy (non-hydrogen) atoms. The molecule has 3 heterocycles. The lowest BCUT2D eigenvalue weighted by Crippen LogP contribution is -2.60. The van der Waals surface area contributed by atoms with Gasteiger partial charge in [-0.3, -0.25) is 4.79 Å². The summed E-state index contributed by atoms with van der Waals surface area (Å²) in [5.41, 5.74) is -2.72. The molecule has 0 bridgehead atoms. The third-order valence-corrected chi connectivity index (χ3v) is 14.3. The number of methoxy groups -OCH3 is 2. The number of esters is 1. The summed E-state index contributed by atoms with van der Waals surface area (Å²) < 4.78 is 52.4. The Morgan fingerprint density at radius 2 is 1.57 bits per heavy atom. The minimum absolute atomic E-state index is 0.0173. The SMILES string of the molecule is CC[C@H]1OC(=O)[C@H](C)[C@@H](O[C@H]2C[C@@](C)(OC)[C@@H](C)[C@H](C)O2)[C@H](C)[C@@H](OC2O[C@H](C)C[C@H](N(C)C)[C@H]2OCCCl)[C@](C)(O)C[C@@H](C)CN(C)[C@H](C)[C@@H](C)[C@]1(C)OC. The van der Waals surface area contributed by atoms with Gasteiger partial charge in [-0.15, -0.1) is 11.6 Å². The Balaban J connectivity index is 2.23. The molecule has 0 aliphatic carbocycles. The van der Waals surface area contributed by atoms with Gasteiger partial charge in [0.25, 0.3) is 0 Å². The zero-order valence-corrected chi connectivity index (χ0v) is 38.8. The predicted octanol–water partition coefficient (Wildman–Crippen LogP) is 6.37. The maximum Gasteiger partial charge on any atom is 0.311 e. The number of aliphatic hydroxyl groups is 1. The van der Waals surface area contributed by atoms with E-state index in [-0.39, 0.29) is 42.0 Å². The third kappa shape index (κ3) is 11.4. The van der Waals surface area contributed by atoms with Crippen molar-refractivity contribution in [1.29, 1.82) is 0 Å². The largest absolute Gasteiger partial charge is 0.459 e. The lowest BCUT2D eigenvalue weighted by molar-refractivity contribution is -0.317. The van der Waals surface area contributed by atoms with Gasteiger partial charge in [0, 0.05) is 62.9 Å². The fourth-order valence-electron chi connectivity index (χ4n) is 9.80. The highest BCUT2D eigenvalue weighted by molar-refractivity contribution is 6.17. The Kier molecular flexibility index (Phi) is 18.4. The van der Waals surface area contributed by atoms with E-state index in [4.69, 9.17) is 49.5 Å². The topological polar surface area (TPSA) is 118 Å². The Bertz CT molecular complexity index is 1220. The third-order valence-electron chi connectivity index (χ3n) is 14.2. The van der Waals surface area contributed by atoms with Crippen molar-refractivity contribution in [1.82, 2.24) is 9.80 Å². The number of likely N-dealkylation sites (N-methyl/N-ethyl adjacent to an activating group) is 1. The number of ether oxygens (including phenoxy) is 8. The van der Waals surface area contributed by atoms with Gasteiger partial charge in [-0.2, -0.15) is 0 Å². The van der Waals surface area contributed by atoms with Crippen molar-refractivity contribution in [2.24, 2.45) is 29.6 Å². The van der Waals surface area contributed by atoms with Crippen LogP contribution in [0.4, 0.5) is 0 Å². The second-order valence-corrected chi connectivity index (χ2v) is 18.9. The van der Waals surface area contributed by atoms with Crippen molar-refractivity contribution in [2.45, 2.75) is 187 Å². The van der Waals surface area contributed by atoms with E-state index in [0.29, 0.717) is 38.3 Å². The molecule has 0 aromatic carbocycles. The summed E-state index contributed by atoms with van der Waals surface area (Å²) in [4.78, 5) is 19.1. The maximum atomic E-state index is 14.6. The summed E-state index contributed by atoms with van der Waals surface area (Å²) in [5.74, 6) is -1.35. The molecule has 3 rings (SSSR count). The van der Waals surface area contributed by atoms with E-state index in [1.54, 1.807) is 14.2 Å². The molecule has 3 fully saturated rings. The molecule has 12 nitrogen and oxygen atoms in total. The molecular weight excluding hydrogens is 740 g/mol. The molecule has 3 saturated heterocycles. The van der Waals surface area contributed by atoms with Gasteiger partial charge in [0.1, 0.15) is 17.8 Å². The average Bonchev–Trinajstić information content (AvgIpc) is 3.13. The molecule has 18 atom stereocenters. The second-order valence-electron chi connectivity index (χ2n) is 18.5. The second kappa shape index (κ2) is 20.8. The molecule has 330 valence electrons. The molecule has 1 N–H and O–H groups in total. The van der Waals surface area contributed by atoms with Crippen LogP contribution in [0.5, 0.6) is 0 Å². The van der Waals surface area contributed by atoms with Gasteiger partial charge in [0.2, 0.25) is 0 Å². The van der Waals surface area contributed by atoms with Gasteiger partial charge in [-0.25, -0.2) is 0 Å². The number of alkyl halides is 1. The summed E-state index contributed by atoms with van der Waals surface area (Å²) in [5, 5.41) is 12.8. The van der Waals surface area contributed by atoms with Crippen molar-refractivity contribution >= 4 is 17.6 Å². The fourth-order valence-corrected chi connectivity index (χ4v) is 9.89. The number of halogens is 1. The zero-order chi connectivity index (χ0) is 42.5. The van der Waals surface area contributed by atoms with Gasteiger partial charge in [0.15, 0.2) is 12.6 Å². The van der Waals surface area contributed by atoms with Gasteiger partial charge in [-0.1, -0.05) is 34.6 Å². The van der Waals surface area contributed by atoms with E-state index in [9.17, 15) is 9.90 Å². The number of cyclic esters (lactones) is 1. The molecule has 0 aromatic heterocycles. The van der Waals surface area contributed by atoms with Gasteiger partial charge < -0.3 is 52.8 Å². The van der Waals surface area contributed by atoms with Crippen LogP contribution in [0, 0.1) is 29.6 Å². The van der Waals surface area contributed by atoms with Crippen LogP contribution >= 0.6 is 11.6 Å². The number of hydrogen-bond donors (Lipinski definition) is 1. The monoisotopic (exact) mass is 821 g/mol. The first-order valence-electron chi connectivity index (χ1n) is 21.2. The summed E-state index contributed by atoms with van der Waals surface area (Å²) in [6, 6.07) is 0.0333. The first-order chi connectivity index (χ1) is 26.0. The summed E-state index contributed by atoms with van der Waals surface area (Å²) >= 11 is 6.16. The van der Waals surface area contributed by atoms with Gasteiger partial charge in [-0.05, 0) is 94.8 Å². The maximum absolute atomic E-state index is 14.6. The van der Waals surface area contributed by atoms with E-state index in [2.05, 4.69) is 51.5 Å². The number of hydrogen-bond acceptors (Lipinski definition) is 12. The standard InChI is InChI=1S/C43H81ClN2O10/c1-18-34-43(12,50-17)29(6)31(8)46(15)24-25(2)22-41(10,48)38(56-40-37(51-20-19-44)33(45(13)14)21-26(3)52-40)27(4)36(28(5)39(47)54-34)55-35-23-42(11,49-16)30(7)32(9)53-35/h25-38,40,48H,18-24H2,1-17H3/t25-,26-,27+,28-,29-,30+,31-,32+,33+,34-,35+,36+,37-,38-,40?,41-,42-,43+/m1/s1. The fraction of sp³-hybridized carbons (Fsp3) is 0.977. The van der Waals surface area contributed by atoms with Crippen molar-refractivity contribution in [3.8, 4) is 0 Å². The number of nitrogens with zero attached hydrogens (tertiary/aromatic N) is 2. The van der Waals surface area contributed by atoms with Crippen molar-refractivity contribution < 1.29 is 47.8 Å². The Morgan fingerprint density at radius 3 is 2.12 bits per heavy atom. The van der Waals surface area contributed by atoms with Crippen LogP contribution in [-0.4, -0.2) is 153 Å². The number of carbonyl (C=O) groups excluding carboxylic acids is 1. The average molecular weight is 822 g/mol. The minimum atomic E-state index is -1.40. The molecule has 0 spiro atoms. The molecule has 13 heteroatoms.